The zero-order valence-electron chi connectivity index (χ0n) is 16.8. The predicted molar refractivity (Wildman–Crippen MR) is 113 cm³/mol. The summed E-state index contributed by atoms with van der Waals surface area (Å²) in [7, 11) is 0. The number of hydrogen-bond donors (Lipinski definition) is 6. The highest BCUT2D eigenvalue weighted by atomic mass is 16.6. The molecule has 0 saturated carbocycles. The Kier molecular flexibility index (Phi) is 5.94. The average molecular weight is 427 g/mol. The van der Waals surface area contributed by atoms with Gasteiger partial charge >= 0.3 is 0 Å². The minimum absolute atomic E-state index is 0.175. The molecule has 1 aliphatic heterocycles. The number of aliphatic hydroxyl groups excluding tert-OH is 5. The van der Waals surface area contributed by atoms with Crippen molar-refractivity contribution in [1.29, 1.82) is 0 Å². The maximum absolute atomic E-state index is 12.1. The highest BCUT2D eigenvalue weighted by Crippen LogP contribution is 2.34. The Bertz CT molecular complexity index is 1140. The van der Waals surface area contributed by atoms with Gasteiger partial charge in [0, 0.05) is 11.6 Å². The monoisotopic (exact) mass is 427 g/mol. The molecule has 0 amide bonds. The molecule has 0 spiro atoms. The van der Waals surface area contributed by atoms with Crippen LogP contribution in [-0.4, -0.2) is 67.6 Å². The summed E-state index contributed by atoms with van der Waals surface area (Å²) in [5, 5.41) is 51.9. The van der Waals surface area contributed by atoms with E-state index >= 15 is 0 Å². The van der Waals surface area contributed by atoms with Gasteiger partial charge in [0.05, 0.1) is 6.61 Å². The Morgan fingerprint density at radius 2 is 1.81 bits per heavy atom. The summed E-state index contributed by atoms with van der Waals surface area (Å²) in [5.74, 6) is 0. The van der Waals surface area contributed by atoms with Crippen LogP contribution in [0.5, 0.6) is 0 Å². The number of aryl methyl sites for hydroxylation is 1. The molecule has 8 nitrogen and oxygen atoms in total. The molecule has 0 aliphatic carbocycles. The Morgan fingerprint density at radius 1 is 1.03 bits per heavy atom. The van der Waals surface area contributed by atoms with Crippen LogP contribution in [0.25, 0.3) is 21.9 Å². The van der Waals surface area contributed by atoms with Gasteiger partial charge in [-0.15, -0.1) is 0 Å². The summed E-state index contributed by atoms with van der Waals surface area (Å²) in [6.07, 6.45) is -6.59. The first-order valence-corrected chi connectivity index (χ1v) is 10.0. The summed E-state index contributed by atoms with van der Waals surface area (Å²) < 4.78 is 5.49. The SMILES string of the molecule is Cc1cc(-c2cccc3c(=O)[nH]ccc23)ccc1[C@@H](O)[C@H]1OC(CO)[C@@H](O)C(O)C1O. The molecular weight excluding hydrogens is 402 g/mol. The van der Waals surface area contributed by atoms with Crippen molar-refractivity contribution in [3.63, 3.8) is 0 Å². The Labute approximate surface area is 178 Å². The Morgan fingerprint density at radius 3 is 2.52 bits per heavy atom. The van der Waals surface area contributed by atoms with Gasteiger partial charge in [0.25, 0.3) is 5.56 Å². The third-order valence-corrected chi connectivity index (χ3v) is 5.96. The van der Waals surface area contributed by atoms with Crippen LogP contribution < -0.4 is 5.56 Å². The number of hydrogen-bond acceptors (Lipinski definition) is 7. The van der Waals surface area contributed by atoms with Crippen molar-refractivity contribution in [2.24, 2.45) is 0 Å². The number of aliphatic hydroxyl groups is 5. The molecule has 3 unspecified atom stereocenters. The van der Waals surface area contributed by atoms with Gasteiger partial charge in [0.2, 0.25) is 0 Å². The van der Waals surface area contributed by atoms with E-state index in [1.165, 1.54) is 0 Å². The lowest BCUT2D eigenvalue weighted by molar-refractivity contribution is -0.250. The van der Waals surface area contributed by atoms with Gasteiger partial charge in [-0.25, -0.2) is 0 Å². The van der Waals surface area contributed by atoms with Gasteiger partial charge in [-0.1, -0.05) is 30.3 Å². The Balaban J connectivity index is 1.69. The summed E-state index contributed by atoms with van der Waals surface area (Å²) in [5.41, 5.74) is 2.72. The van der Waals surface area contributed by atoms with E-state index in [1.54, 1.807) is 37.4 Å². The lowest BCUT2D eigenvalue weighted by atomic mass is 9.87. The zero-order valence-corrected chi connectivity index (χ0v) is 16.8. The first-order valence-electron chi connectivity index (χ1n) is 10.0. The van der Waals surface area contributed by atoms with Crippen LogP contribution in [0.1, 0.15) is 17.2 Å². The molecule has 31 heavy (non-hydrogen) atoms. The maximum atomic E-state index is 12.1. The van der Waals surface area contributed by atoms with Gasteiger partial charge in [-0.05, 0) is 46.7 Å². The molecule has 1 fully saturated rings. The molecule has 6 N–H and O–H groups in total. The van der Waals surface area contributed by atoms with Gasteiger partial charge < -0.3 is 35.3 Å². The van der Waals surface area contributed by atoms with Gasteiger partial charge in [0.15, 0.2) is 0 Å². The third-order valence-electron chi connectivity index (χ3n) is 5.96. The molecule has 1 aromatic heterocycles. The molecule has 6 atom stereocenters. The third kappa shape index (κ3) is 3.78. The van der Waals surface area contributed by atoms with E-state index in [9.17, 15) is 30.3 Å². The minimum Gasteiger partial charge on any atom is -0.394 e. The fourth-order valence-corrected chi connectivity index (χ4v) is 4.22. The predicted octanol–water partition coefficient (Wildman–Crippen LogP) is 0.379. The molecule has 1 aliphatic rings. The van der Waals surface area contributed by atoms with E-state index in [1.807, 2.05) is 18.2 Å². The smallest absolute Gasteiger partial charge is 0.255 e. The molecule has 1 saturated heterocycles. The van der Waals surface area contributed by atoms with Crippen LogP contribution in [0, 0.1) is 6.92 Å². The number of aromatic amines is 1. The van der Waals surface area contributed by atoms with Crippen LogP contribution in [0.15, 0.2) is 53.5 Å². The van der Waals surface area contributed by atoms with E-state index in [4.69, 9.17) is 4.74 Å². The summed E-state index contributed by atoms with van der Waals surface area (Å²) in [6.45, 7) is 1.23. The maximum Gasteiger partial charge on any atom is 0.255 e. The molecule has 4 rings (SSSR count). The van der Waals surface area contributed by atoms with Crippen molar-refractivity contribution in [1.82, 2.24) is 4.98 Å². The molecule has 0 radical (unpaired) electrons. The fraction of sp³-hybridized carbons (Fsp3) is 0.348. The van der Waals surface area contributed by atoms with Crippen molar-refractivity contribution in [3.05, 3.63) is 70.1 Å². The van der Waals surface area contributed by atoms with Crippen molar-refractivity contribution in [2.45, 2.75) is 43.5 Å². The van der Waals surface area contributed by atoms with E-state index in [0.717, 1.165) is 16.5 Å². The van der Waals surface area contributed by atoms with Crippen molar-refractivity contribution >= 4 is 10.8 Å². The van der Waals surface area contributed by atoms with E-state index in [0.29, 0.717) is 16.5 Å². The molecule has 164 valence electrons. The lowest BCUT2D eigenvalue weighted by Crippen LogP contribution is -2.59. The standard InChI is InChI=1S/C23H25NO7/c1-11-9-12(14-3-2-4-16-15(14)7-8-24-23(16)30)5-6-13(11)18(26)22-21(29)20(28)19(27)17(10-25)31-22/h2-9,17-22,25-29H,10H2,1H3,(H,24,30)/t17?,18-,19-,20?,21?,22-/m1/s1. The summed E-state index contributed by atoms with van der Waals surface area (Å²) in [6, 6.07) is 12.6. The van der Waals surface area contributed by atoms with Crippen molar-refractivity contribution in [2.75, 3.05) is 6.61 Å². The molecule has 8 heteroatoms. The number of rotatable bonds is 4. The van der Waals surface area contributed by atoms with Crippen LogP contribution in [0.3, 0.4) is 0 Å². The second kappa shape index (κ2) is 8.51. The topological polar surface area (TPSA) is 143 Å². The van der Waals surface area contributed by atoms with Crippen molar-refractivity contribution in [3.8, 4) is 11.1 Å². The largest absolute Gasteiger partial charge is 0.394 e. The second-order valence-electron chi connectivity index (χ2n) is 7.88. The zero-order chi connectivity index (χ0) is 22.3. The van der Waals surface area contributed by atoms with E-state index < -0.39 is 43.2 Å². The van der Waals surface area contributed by atoms with Crippen LogP contribution in [0.2, 0.25) is 0 Å². The van der Waals surface area contributed by atoms with E-state index in [2.05, 4.69) is 4.98 Å². The number of aromatic nitrogens is 1. The number of ether oxygens (including phenoxy) is 1. The molecular formula is C23H25NO7. The van der Waals surface area contributed by atoms with Crippen molar-refractivity contribution < 1.29 is 30.3 Å². The summed E-state index contributed by atoms with van der Waals surface area (Å²) in [4.78, 5) is 14.8. The number of pyridine rings is 1. The first-order chi connectivity index (χ1) is 14.8. The molecule has 2 heterocycles. The average Bonchev–Trinajstić information content (AvgIpc) is 2.77. The van der Waals surface area contributed by atoms with Gasteiger partial charge in [0.1, 0.15) is 36.6 Å². The lowest BCUT2D eigenvalue weighted by Gasteiger charge is -2.42. The summed E-state index contributed by atoms with van der Waals surface area (Å²) >= 11 is 0. The molecule has 2 aromatic carbocycles. The minimum atomic E-state index is -1.56. The number of H-pyrrole nitrogens is 1. The number of benzene rings is 2. The normalized spacial score (nSPS) is 27.4. The van der Waals surface area contributed by atoms with E-state index in [-0.39, 0.29) is 5.56 Å². The quantitative estimate of drug-likeness (QED) is 0.353. The van der Waals surface area contributed by atoms with Crippen LogP contribution >= 0.6 is 0 Å². The van der Waals surface area contributed by atoms with Crippen LogP contribution in [0.4, 0.5) is 0 Å². The van der Waals surface area contributed by atoms with Gasteiger partial charge in [-0.2, -0.15) is 0 Å². The molecule has 0 bridgehead atoms. The molecule has 3 aromatic rings. The highest BCUT2D eigenvalue weighted by Gasteiger charge is 2.46. The first kappa shape index (κ1) is 21.6. The fourth-order valence-electron chi connectivity index (χ4n) is 4.22. The Hall–Kier alpha value is -2.59. The van der Waals surface area contributed by atoms with Crippen LogP contribution in [-0.2, 0) is 4.74 Å². The number of fused-ring (bicyclic) bond motifs is 1. The highest BCUT2D eigenvalue weighted by molar-refractivity contribution is 5.96. The number of nitrogens with one attached hydrogen (secondary N) is 1. The second-order valence-corrected chi connectivity index (χ2v) is 7.88. The van der Waals surface area contributed by atoms with Gasteiger partial charge in [-0.3, -0.25) is 4.79 Å².